The van der Waals surface area contributed by atoms with Crippen LogP contribution in [0.5, 0.6) is 0 Å². The second kappa shape index (κ2) is 9.54. The molecule has 4 aromatic rings. The average molecular weight is 492 g/mol. The summed E-state index contributed by atoms with van der Waals surface area (Å²) in [6, 6.07) is 24.2. The van der Waals surface area contributed by atoms with Gasteiger partial charge in [0.15, 0.2) is 0 Å². The molecule has 1 aliphatic heterocycles. The molecule has 2 atom stereocenters. The number of fused-ring (bicyclic) bond motifs is 3. The molecule has 4 N–H and O–H groups in total. The largest absolute Gasteiger partial charge is 0.367 e. The van der Waals surface area contributed by atoms with Crippen LogP contribution in [-0.2, 0) is 6.54 Å². The van der Waals surface area contributed by atoms with E-state index in [2.05, 4.69) is 49.9 Å². The Balaban J connectivity index is 1.37. The van der Waals surface area contributed by atoms with Gasteiger partial charge in [0, 0.05) is 23.5 Å². The van der Waals surface area contributed by atoms with Crippen LogP contribution >= 0.6 is 0 Å². The van der Waals surface area contributed by atoms with Crippen LogP contribution in [0.1, 0.15) is 36.6 Å². The highest BCUT2D eigenvalue weighted by Crippen LogP contribution is 2.32. The molecule has 0 bridgehead atoms. The first-order valence-electron chi connectivity index (χ1n) is 12.7. The molecule has 0 unspecified atom stereocenters. The quantitative estimate of drug-likeness (QED) is 0.332. The number of hydrogen-bond donors (Lipinski definition) is 4. The summed E-state index contributed by atoms with van der Waals surface area (Å²) < 4.78 is 1.90. The highest BCUT2D eigenvalue weighted by Gasteiger charge is 2.34. The maximum atomic E-state index is 13.2. The summed E-state index contributed by atoms with van der Waals surface area (Å²) in [4.78, 5) is 25.5. The molecule has 37 heavy (non-hydrogen) atoms. The van der Waals surface area contributed by atoms with Crippen molar-refractivity contribution >= 4 is 11.5 Å². The Bertz CT molecular complexity index is 1690. The Kier molecular flexibility index (Phi) is 5.92. The molecule has 0 saturated heterocycles. The van der Waals surface area contributed by atoms with Crippen molar-refractivity contribution < 1.29 is 0 Å². The summed E-state index contributed by atoms with van der Waals surface area (Å²) in [5, 5.41) is 16.1. The molecule has 2 aliphatic rings. The molecule has 0 radical (unpaired) electrons. The summed E-state index contributed by atoms with van der Waals surface area (Å²) in [6.07, 6.45) is 3.05. The lowest BCUT2D eigenvalue weighted by atomic mass is 10.1. The summed E-state index contributed by atoms with van der Waals surface area (Å²) in [5.74, 6) is 0.499. The number of aryl methyl sites for hydroxylation is 1. The molecule has 3 heterocycles. The summed E-state index contributed by atoms with van der Waals surface area (Å²) in [5.41, 5.74) is 5.21. The van der Waals surface area contributed by atoms with Crippen LogP contribution < -0.4 is 32.5 Å². The number of anilines is 1. The van der Waals surface area contributed by atoms with Crippen molar-refractivity contribution in [2.24, 2.45) is 4.99 Å². The maximum Gasteiger partial charge on any atom is 0.265 e. The number of benzene rings is 2. The van der Waals surface area contributed by atoms with Crippen LogP contribution in [0.25, 0.3) is 17.1 Å². The van der Waals surface area contributed by atoms with Gasteiger partial charge in [0.2, 0.25) is 5.62 Å². The second-order valence-corrected chi connectivity index (χ2v) is 9.65. The van der Waals surface area contributed by atoms with Gasteiger partial charge in [0.05, 0.1) is 17.8 Å². The van der Waals surface area contributed by atoms with E-state index < -0.39 is 0 Å². The van der Waals surface area contributed by atoms with Crippen LogP contribution in [0.3, 0.4) is 0 Å². The number of aromatic nitrogens is 3. The van der Waals surface area contributed by atoms with E-state index in [1.165, 1.54) is 0 Å². The van der Waals surface area contributed by atoms with E-state index in [4.69, 9.17) is 5.41 Å². The summed E-state index contributed by atoms with van der Waals surface area (Å²) in [6.45, 7) is 2.47. The summed E-state index contributed by atoms with van der Waals surface area (Å²) >= 11 is 0. The SMILES string of the molecule is Cc1cccc(-c2ccc(CN/C(Nc3ccccc3)=c3/c(=O)[nH]c4n(c3=N)[C@H]3CCC[C@H]3N=4)cc2)n1. The molecule has 186 valence electrons. The van der Waals surface area contributed by atoms with Gasteiger partial charge in [-0.25, -0.2) is 4.99 Å². The molecule has 1 aliphatic carbocycles. The molecule has 8 nitrogen and oxygen atoms in total. The monoisotopic (exact) mass is 491 g/mol. The van der Waals surface area contributed by atoms with Gasteiger partial charge in [0.25, 0.3) is 5.56 Å². The van der Waals surface area contributed by atoms with E-state index >= 15 is 0 Å². The summed E-state index contributed by atoms with van der Waals surface area (Å²) in [7, 11) is 0. The molecule has 2 aromatic carbocycles. The smallest absolute Gasteiger partial charge is 0.265 e. The number of pyridine rings is 1. The zero-order valence-electron chi connectivity index (χ0n) is 20.7. The highest BCUT2D eigenvalue weighted by atomic mass is 16.1. The fraction of sp³-hybridized carbons (Fsp3) is 0.241. The Labute approximate surface area is 214 Å². The van der Waals surface area contributed by atoms with Crippen molar-refractivity contribution in [2.75, 3.05) is 5.32 Å². The van der Waals surface area contributed by atoms with Crippen LogP contribution in [0, 0.1) is 12.3 Å². The lowest BCUT2D eigenvalue weighted by molar-refractivity contribution is 0.475. The highest BCUT2D eigenvalue weighted by molar-refractivity contribution is 5.63. The first-order valence-corrected chi connectivity index (χ1v) is 12.7. The van der Waals surface area contributed by atoms with Crippen LogP contribution in [0.4, 0.5) is 5.69 Å². The third kappa shape index (κ3) is 4.46. The standard InChI is InChI=1S/C29H29N7O/c1-18-7-5-10-22(32-18)20-15-13-19(14-16-20)17-31-27(33-21-8-3-2-4-9-21)25-26(30)36-24-12-6-11-23(24)34-29(36)35-28(25)37/h2-5,7-10,13-16,23-24,30-31,33H,6,11-12,17H2,1H3,(H,34,35,37)/b27-25-,30-26?/t23-,24+/m1/s1. The third-order valence-electron chi connectivity index (χ3n) is 7.12. The minimum absolute atomic E-state index is 0.138. The van der Waals surface area contributed by atoms with Crippen molar-refractivity contribution in [3.63, 3.8) is 0 Å². The fourth-order valence-corrected chi connectivity index (χ4v) is 5.29. The normalized spacial score (nSPS) is 18.5. The van der Waals surface area contributed by atoms with Gasteiger partial charge in [-0.05, 0) is 56.0 Å². The van der Waals surface area contributed by atoms with Gasteiger partial charge < -0.3 is 10.6 Å². The van der Waals surface area contributed by atoms with Gasteiger partial charge in [-0.15, -0.1) is 0 Å². The van der Waals surface area contributed by atoms with E-state index in [-0.39, 0.29) is 28.3 Å². The first-order chi connectivity index (χ1) is 18.1. The van der Waals surface area contributed by atoms with E-state index in [0.29, 0.717) is 18.0 Å². The van der Waals surface area contributed by atoms with Gasteiger partial charge in [-0.1, -0.05) is 48.5 Å². The molecule has 0 spiro atoms. The zero-order chi connectivity index (χ0) is 25.4. The van der Waals surface area contributed by atoms with Crippen molar-refractivity contribution in [2.45, 2.75) is 44.8 Å². The molecule has 1 saturated carbocycles. The van der Waals surface area contributed by atoms with E-state index in [9.17, 15) is 4.79 Å². The Hall–Kier alpha value is -4.46. The van der Waals surface area contributed by atoms with Gasteiger partial charge in [-0.3, -0.25) is 24.7 Å². The lowest BCUT2D eigenvalue weighted by Crippen LogP contribution is -2.56. The predicted octanol–water partition coefficient (Wildman–Crippen LogP) is 2.72. The Morgan fingerprint density at radius 2 is 1.86 bits per heavy atom. The van der Waals surface area contributed by atoms with Crippen molar-refractivity contribution in [3.8, 4) is 11.3 Å². The minimum Gasteiger partial charge on any atom is -0.367 e. The fourth-order valence-electron chi connectivity index (χ4n) is 5.29. The third-order valence-corrected chi connectivity index (χ3v) is 7.12. The lowest BCUT2D eigenvalue weighted by Gasteiger charge is -2.16. The van der Waals surface area contributed by atoms with Crippen molar-refractivity contribution in [3.05, 3.63) is 111 Å². The number of H-pyrrole nitrogens is 1. The average Bonchev–Trinajstić information content (AvgIpc) is 3.49. The number of para-hydroxylation sites is 1. The van der Waals surface area contributed by atoms with Crippen molar-refractivity contribution in [1.82, 2.24) is 19.9 Å². The number of aromatic amines is 1. The first kappa shape index (κ1) is 23.0. The molecule has 2 aromatic heterocycles. The van der Waals surface area contributed by atoms with Crippen LogP contribution in [0.2, 0.25) is 0 Å². The molecule has 6 rings (SSSR count). The molecule has 8 heteroatoms. The number of nitrogens with one attached hydrogen (secondary N) is 4. The number of rotatable bonds is 6. The maximum absolute atomic E-state index is 13.2. The van der Waals surface area contributed by atoms with E-state index in [0.717, 1.165) is 47.5 Å². The van der Waals surface area contributed by atoms with E-state index in [1.807, 2.05) is 60.0 Å². The number of nitrogens with zero attached hydrogens (tertiary/aromatic N) is 3. The molecule has 0 amide bonds. The Morgan fingerprint density at radius 1 is 1.05 bits per heavy atom. The minimum atomic E-state index is -0.327. The van der Waals surface area contributed by atoms with Crippen molar-refractivity contribution in [1.29, 1.82) is 5.41 Å². The van der Waals surface area contributed by atoms with Gasteiger partial charge >= 0.3 is 0 Å². The number of hydrogen-bond acceptors (Lipinski definition) is 6. The topological polar surface area (TPSA) is 111 Å². The van der Waals surface area contributed by atoms with Crippen LogP contribution in [-0.4, -0.2) is 20.6 Å². The van der Waals surface area contributed by atoms with Crippen LogP contribution in [0.15, 0.2) is 82.6 Å². The van der Waals surface area contributed by atoms with Gasteiger partial charge in [-0.2, -0.15) is 0 Å². The zero-order valence-corrected chi connectivity index (χ0v) is 20.7. The Morgan fingerprint density at radius 3 is 2.65 bits per heavy atom. The van der Waals surface area contributed by atoms with Gasteiger partial charge in [0.1, 0.15) is 16.5 Å². The predicted molar refractivity (Wildman–Crippen MR) is 143 cm³/mol. The molecular formula is C29H29N7O. The molecular weight excluding hydrogens is 462 g/mol. The molecule has 1 fully saturated rings. The second-order valence-electron chi connectivity index (χ2n) is 9.65. The van der Waals surface area contributed by atoms with E-state index in [1.54, 1.807) is 0 Å².